The molecule has 4 nitrogen and oxygen atoms in total. The predicted molar refractivity (Wildman–Crippen MR) is 85.6 cm³/mol. The summed E-state index contributed by atoms with van der Waals surface area (Å²) in [7, 11) is -3.83. The predicted octanol–water partition coefficient (Wildman–Crippen LogP) is 3.16. The molecule has 22 heavy (non-hydrogen) atoms. The SMILES string of the molecule is CCc1cccc(CC)c1N1C(=O)c2ccccc2S1(=O)=O. The third-order valence-electron chi connectivity index (χ3n) is 3.99. The highest BCUT2D eigenvalue weighted by atomic mass is 32.2. The van der Waals surface area contributed by atoms with E-state index in [2.05, 4.69) is 0 Å². The second-order valence-electron chi connectivity index (χ2n) is 5.20. The van der Waals surface area contributed by atoms with E-state index in [1.54, 1.807) is 18.2 Å². The summed E-state index contributed by atoms with van der Waals surface area (Å²) < 4.78 is 26.7. The van der Waals surface area contributed by atoms with E-state index < -0.39 is 15.9 Å². The summed E-state index contributed by atoms with van der Waals surface area (Å²) in [4.78, 5) is 12.8. The van der Waals surface area contributed by atoms with E-state index >= 15 is 0 Å². The number of carbonyl (C=O) groups excluding carboxylic acids is 1. The molecule has 0 saturated carbocycles. The highest BCUT2D eigenvalue weighted by molar-refractivity contribution is 7.94. The Hall–Kier alpha value is -2.14. The Bertz CT molecular complexity index is 834. The number of amides is 1. The fourth-order valence-corrected chi connectivity index (χ4v) is 4.55. The molecule has 0 N–H and O–H groups in total. The van der Waals surface area contributed by atoms with Gasteiger partial charge in [-0.3, -0.25) is 4.79 Å². The van der Waals surface area contributed by atoms with E-state index in [9.17, 15) is 13.2 Å². The number of anilines is 1. The molecule has 1 heterocycles. The van der Waals surface area contributed by atoms with Gasteiger partial charge in [0.15, 0.2) is 0 Å². The molecule has 0 radical (unpaired) electrons. The zero-order valence-electron chi connectivity index (χ0n) is 12.5. The van der Waals surface area contributed by atoms with Gasteiger partial charge in [0.25, 0.3) is 15.9 Å². The van der Waals surface area contributed by atoms with Gasteiger partial charge in [-0.05, 0) is 36.1 Å². The fourth-order valence-electron chi connectivity index (χ4n) is 2.88. The van der Waals surface area contributed by atoms with Crippen molar-refractivity contribution in [2.24, 2.45) is 0 Å². The Balaban J connectivity index is 2.30. The molecule has 3 rings (SSSR count). The molecule has 1 aliphatic heterocycles. The summed E-state index contributed by atoms with van der Waals surface area (Å²) in [5.41, 5.74) is 2.50. The van der Waals surface area contributed by atoms with Crippen LogP contribution >= 0.6 is 0 Å². The fraction of sp³-hybridized carbons (Fsp3) is 0.235. The molecule has 0 atom stereocenters. The smallest absolute Gasteiger partial charge is 0.268 e. The minimum atomic E-state index is -3.83. The van der Waals surface area contributed by atoms with Crippen molar-refractivity contribution < 1.29 is 13.2 Å². The van der Waals surface area contributed by atoms with Crippen molar-refractivity contribution in [3.63, 3.8) is 0 Å². The molecule has 0 spiro atoms. The number of fused-ring (bicyclic) bond motifs is 1. The first-order valence-electron chi connectivity index (χ1n) is 7.31. The number of benzene rings is 2. The van der Waals surface area contributed by atoms with Gasteiger partial charge in [-0.2, -0.15) is 4.31 Å². The number of carbonyl (C=O) groups is 1. The lowest BCUT2D eigenvalue weighted by molar-refractivity contribution is 0.101. The van der Waals surface area contributed by atoms with Crippen LogP contribution in [0.15, 0.2) is 47.4 Å². The Morgan fingerprint density at radius 2 is 1.50 bits per heavy atom. The first-order chi connectivity index (χ1) is 10.5. The second kappa shape index (κ2) is 5.25. The quantitative estimate of drug-likeness (QED) is 0.874. The van der Waals surface area contributed by atoms with Crippen molar-refractivity contribution in [1.82, 2.24) is 0 Å². The van der Waals surface area contributed by atoms with Gasteiger partial charge in [0.1, 0.15) is 4.90 Å². The molecule has 5 heteroatoms. The molecule has 0 saturated heterocycles. The highest BCUT2D eigenvalue weighted by Crippen LogP contribution is 2.38. The maximum absolute atomic E-state index is 12.8. The van der Waals surface area contributed by atoms with Gasteiger partial charge < -0.3 is 0 Å². The number of nitrogens with zero attached hydrogens (tertiary/aromatic N) is 1. The Labute approximate surface area is 130 Å². The molecule has 1 aliphatic rings. The van der Waals surface area contributed by atoms with Crippen LogP contribution in [0.1, 0.15) is 35.3 Å². The molecular weight excluding hydrogens is 298 g/mol. The zero-order valence-corrected chi connectivity index (χ0v) is 13.4. The first-order valence-corrected chi connectivity index (χ1v) is 8.75. The number of sulfonamides is 1. The maximum atomic E-state index is 12.8. The average Bonchev–Trinajstić information content (AvgIpc) is 2.74. The summed E-state index contributed by atoms with van der Waals surface area (Å²) in [6.45, 7) is 3.91. The molecule has 0 unspecified atom stereocenters. The van der Waals surface area contributed by atoms with Gasteiger partial charge in [0.2, 0.25) is 0 Å². The van der Waals surface area contributed by atoms with Gasteiger partial charge >= 0.3 is 0 Å². The Kier molecular flexibility index (Phi) is 3.53. The average molecular weight is 315 g/mol. The van der Waals surface area contributed by atoms with Crippen LogP contribution in [0.2, 0.25) is 0 Å². The number of hydrogen-bond donors (Lipinski definition) is 0. The minimum absolute atomic E-state index is 0.0907. The maximum Gasteiger partial charge on any atom is 0.273 e. The lowest BCUT2D eigenvalue weighted by atomic mass is 10.0. The van der Waals surface area contributed by atoms with Crippen molar-refractivity contribution in [2.75, 3.05) is 4.31 Å². The van der Waals surface area contributed by atoms with E-state index in [1.807, 2.05) is 32.0 Å². The monoisotopic (exact) mass is 315 g/mol. The van der Waals surface area contributed by atoms with Crippen LogP contribution in [0.25, 0.3) is 0 Å². The van der Waals surface area contributed by atoms with E-state index in [4.69, 9.17) is 0 Å². The van der Waals surface area contributed by atoms with Crippen LogP contribution < -0.4 is 4.31 Å². The van der Waals surface area contributed by atoms with Crippen molar-refractivity contribution in [2.45, 2.75) is 31.6 Å². The van der Waals surface area contributed by atoms with Crippen molar-refractivity contribution >= 4 is 21.6 Å². The molecule has 114 valence electrons. The normalized spacial score (nSPS) is 15.9. The molecule has 0 aromatic heterocycles. The van der Waals surface area contributed by atoms with Crippen LogP contribution in [0.5, 0.6) is 0 Å². The summed E-state index contributed by atoms with van der Waals surface area (Å²) in [5.74, 6) is -0.466. The topological polar surface area (TPSA) is 54.5 Å². The summed E-state index contributed by atoms with van der Waals surface area (Å²) in [6.07, 6.45) is 1.33. The van der Waals surface area contributed by atoms with E-state index in [0.717, 1.165) is 15.4 Å². The van der Waals surface area contributed by atoms with Gasteiger partial charge in [-0.25, -0.2) is 8.42 Å². The van der Waals surface area contributed by atoms with Crippen LogP contribution in [-0.4, -0.2) is 14.3 Å². The molecule has 0 fully saturated rings. The van der Waals surface area contributed by atoms with Crippen LogP contribution in [0.4, 0.5) is 5.69 Å². The van der Waals surface area contributed by atoms with Gasteiger partial charge in [-0.15, -0.1) is 0 Å². The molecule has 0 aliphatic carbocycles. The Morgan fingerprint density at radius 1 is 0.909 bits per heavy atom. The number of para-hydroxylation sites is 1. The van der Waals surface area contributed by atoms with Gasteiger partial charge in [-0.1, -0.05) is 44.2 Å². The van der Waals surface area contributed by atoms with Gasteiger partial charge in [0, 0.05) is 0 Å². The first kappa shape index (κ1) is 14.8. The minimum Gasteiger partial charge on any atom is -0.268 e. The molecule has 0 bridgehead atoms. The standard InChI is InChI=1S/C17H17NO3S/c1-3-12-8-7-9-13(4-2)16(12)18-17(19)14-10-5-6-11-15(14)22(18,20)21/h5-11H,3-4H2,1-2H3. The van der Waals surface area contributed by atoms with Crippen molar-refractivity contribution in [3.8, 4) is 0 Å². The third kappa shape index (κ3) is 1.96. The molecule has 2 aromatic rings. The summed E-state index contributed by atoms with van der Waals surface area (Å²) in [6, 6.07) is 12.0. The lowest BCUT2D eigenvalue weighted by Gasteiger charge is -2.21. The van der Waals surface area contributed by atoms with Crippen LogP contribution in [-0.2, 0) is 22.9 Å². The summed E-state index contributed by atoms with van der Waals surface area (Å²) in [5, 5.41) is 0. The molecule has 2 aromatic carbocycles. The van der Waals surface area contributed by atoms with E-state index in [-0.39, 0.29) is 10.5 Å². The molecular formula is C17H17NO3S. The molecule has 1 amide bonds. The number of rotatable bonds is 3. The number of aryl methyl sites for hydroxylation is 2. The van der Waals surface area contributed by atoms with E-state index in [0.29, 0.717) is 18.5 Å². The third-order valence-corrected chi connectivity index (χ3v) is 5.73. The highest BCUT2D eigenvalue weighted by Gasteiger charge is 2.43. The number of hydrogen-bond acceptors (Lipinski definition) is 3. The Morgan fingerprint density at radius 3 is 2.05 bits per heavy atom. The van der Waals surface area contributed by atoms with Crippen molar-refractivity contribution in [1.29, 1.82) is 0 Å². The van der Waals surface area contributed by atoms with Crippen LogP contribution in [0.3, 0.4) is 0 Å². The lowest BCUT2D eigenvalue weighted by Crippen LogP contribution is -2.31. The summed E-state index contributed by atoms with van der Waals surface area (Å²) >= 11 is 0. The zero-order chi connectivity index (χ0) is 15.9. The van der Waals surface area contributed by atoms with Crippen molar-refractivity contribution in [3.05, 3.63) is 59.2 Å². The van der Waals surface area contributed by atoms with Gasteiger partial charge in [0.05, 0.1) is 11.3 Å². The second-order valence-corrected chi connectivity index (χ2v) is 6.96. The largest absolute Gasteiger partial charge is 0.273 e. The van der Waals surface area contributed by atoms with E-state index in [1.165, 1.54) is 6.07 Å². The van der Waals surface area contributed by atoms with Crippen LogP contribution in [0, 0.1) is 0 Å².